The Morgan fingerprint density at radius 1 is 0.833 bits per heavy atom. The van der Waals surface area contributed by atoms with Crippen LogP contribution in [0.4, 0.5) is 0 Å². The quantitative estimate of drug-likeness (QED) is 0.658. The number of hydrogen-bond donors (Lipinski definition) is 0. The second kappa shape index (κ2) is 8.74. The monoisotopic (exact) mass is 327 g/mol. The molecule has 0 saturated carbocycles. The summed E-state index contributed by atoms with van der Waals surface area (Å²) in [6, 6.07) is 16.9. The van der Waals surface area contributed by atoms with Crippen LogP contribution in [0, 0.1) is 6.92 Å². The summed E-state index contributed by atoms with van der Waals surface area (Å²) < 4.78 is 12.0. The lowest BCUT2D eigenvalue weighted by atomic mass is 10.2. The lowest BCUT2D eigenvalue weighted by molar-refractivity contribution is 0.141. The highest BCUT2D eigenvalue weighted by atomic mass is 16.5. The minimum absolute atomic E-state index is 0.507. The zero-order valence-electron chi connectivity index (χ0n) is 15.5. The van der Waals surface area contributed by atoms with E-state index in [4.69, 9.17) is 9.47 Å². The van der Waals surface area contributed by atoms with Crippen molar-refractivity contribution in [2.24, 2.45) is 0 Å². The van der Waals surface area contributed by atoms with Gasteiger partial charge < -0.3 is 9.47 Å². The van der Waals surface area contributed by atoms with Gasteiger partial charge in [0, 0.05) is 18.6 Å². The Labute approximate surface area is 146 Å². The van der Waals surface area contributed by atoms with Crippen LogP contribution in [0.3, 0.4) is 0 Å². The van der Waals surface area contributed by atoms with E-state index < -0.39 is 0 Å². The second-order valence-corrected chi connectivity index (χ2v) is 6.64. The van der Waals surface area contributed by atoms with E-state index in [9.17, 15) is 0 Å². The number of rotatable bonds is 8. The summed E-state index contributed by atoms with van der Waals surface area (Å²) in [5.74, 6) is 2.36. The first kappa shape index (κ1) is 18.3. The van der Waals surface area contributed by atoms with Gasteiger partial charge in [-0.05, 0) is 58.9 Å². The van der Waals surface area contributed by atoms with Crippen LogP contribution in [0.1, 0.15) is 33.3 Å². The van der Waals surface area contributed by atoms with Crippen molar-refractivity contribution >= 4 is 0 Å². The molecule has 0 amide bonds. The van der Waals surface area contributed by atoms with Crippen LogP contribution < -0.4 is 9.47 Å². The molecule has 0 fully saturated rings. The second-order valence-electron chi connectivity index (χ2n) is 6.64. The Balaban J connectivity index is 1.99. The average molecular weight is 327 g/mol. The van der Waals surface area contributed by atoms with Gasteiger partial charge in [0.2, 0.25) is 0 Å². The van der Waals surface area contributed by atoms with E-state index in [1.165, 1.54) is 5.56 Å². The number of nitrogens with zero attached hydrogens (tertiary/aromatic N) is 1. The maximum Gasteiger partial charge on any atom is 0.169 e. The van der Waals surface area contributed by atoms with Crippen LogP contribution in [0.25, 0.3) is 0 Å². The van der Waals surface area contributed by atoms with Gasteiger partial charge in [-0.1, -0.05) is 29.8 Å². The number of para-hydroxylation sites is 2. The highest BCUT2D eigenvalue weighted by Gasteiger charge is 2.13. The Morgan fingerprint density at radius 3 is 2.00 bits per heavy atom. The van der Waals surface area contributed by atoms with Crippen molar-refractivity contribution in [2.45, 2.75) is 46.7 Å². The SMILES string of the molecule is Cc1ccc(Oc2ccccc2OCCN(C(C)C)C(C)C)cc1. The molecular weight excluding hydrogens is 298 g/mol. The molecule has 0 unspecified atom stereocenters. The third kappa shape index (κ3) is 5.27. The average Bonchev–Trinajstić information content (AvgIpc) is 2.54. The molecule has 2 aromatic rings. The summed E-state index contributed by atoms with van der Waals surface area (Å²) in [4.78, 5) is 2.42. The van der Waals surface area contributed by atoms with Gasteiger partial charge in [0.1, 0.15) is 12.4 Å². The van der Waals surface area contributed by atoms with Crippen LogP contribution in [0.5, 0.6) is 17.2 Å². The van der Waals surface area contributed by atoms with Gasteiger partial charge in [0.05, 0.1) is 0 Å². The smallest absolute Gasteiger partial charge is 0.169 e. The summed E-state index contributed by atoms with van der Waals surface area (Å²) in [5.41, 5.74) is 1.22. The molecule has 0 atom stereocenters. The summed E-state index contributed by atoms with van der Waals surface area (Å²) in [6.45, 7) is 12.5. The molecule has 0 aromatic heterocycles. The van der Waals surface area contributed by atoms with Gasteiger partial charge in [-0.3, -0.25) is 4.90 Å². The van der Waals surface area contributed by atoms with Gasteiger partial charge in [-0.2, -0.15) is 0 Å². The molecule has 0 aliphatic rings. The Kier molecular flexibility index (Phi) is 6.68. The molecule has 2 aromatic carbocycles. The Bertz CT molecular complexity index is 612. The van der Waals surface area contributed by atoms with E-state index in [-0.39, 0.29) is 0 Å². The summed E-state index contributed by atoms with van der Waals surface area (Å²) in [7, 11) is 0. The third-order valence-corrected chi connectivity index (χ3v) is 4.03. The molecule has 0 aliphatic heterocycles. The van der Waals surface area contributed by atoms with Gasteiger partial charge in [-0.15, -0.1) is 0 Å². The van der Waals surface area contributed by atoms with Gasteiger partial charge in [0.15, 0.2) is 11.5 Å². The molecule has 130 valence electrons. The molecule has 0 radical (unpaired) electrons. The normalized spacial score (nSPS) is 11.3. The van der Waals surface area contributed by atoms with Gasteiger partial charge in [-0.25, -0.2) is 0 Å². The van der Waals surface area contributed by atoms with Crippen molar-refractivity contribution in [3.8, 4) is 17.2 Å². The molecule has 0 N–H and O–H groups in total. The Hall–Kier alpha value is -2.00. The van der Waals surface area contributed by atoms with Crippen LogP contribution in [0.2, 0.25) is 0 Å². The van der Waals surface area contributed by atoms with Crippen molar-refractivity contribution in [3.63, 3.8) is 0 Å². The molecular formula is C21H29NO2. The lowest BCUT2D eigenvalue weighted by Gasteiger charge is -2.30. The van der Waals surface area contributed by atoms with Crippen molar-refractivity contribution in [1.82, 2.24) is 4.90 Å². The molecule has 24 heavy (non-hydrogen) atoms. The zero-order chi connectivity index (χ0) is 17.5. The molecule has 0 heterocycles. The van der Waals surface area contributed by atoms with Crippen LogP contribution >= 0.6 is 0 Å². The molecule has 3 nitrogen and oxygen atoms in total. The minimum atomic E-state index is 0.507. The largest absolute Gasteiger partial charge is 0.488 e. The van der Waals surface area contributed by atoms with E-state index in [0.29, 0.717) is 18.7 Å². The van der Waals surface area contributed by atoms with Crippen molar-refractivity contribution < 1.29 is 9.47 Å². The van der Waals surface area contributed by atoms with Crippen LogP contribution in [-0.4, -0.2) is 30.1 Å². The zero-order valence-corrected chi connectivity index (χ0v) is 15.5. The fourth-order valence-electron chi connectivity index (χ4n) is 2.76. The first-order valence-electron chi connectivity index (χ1n) is 8.69. The maximum absolute atomic E-state index is 6.00. The summed E-state index contributed by atoms with van der Waals surface area (Å²) >= 11 is 0. The van der Waals surface area contributed by atoms with E-state index in [1.807, 2.05) is 48.5 Å². The predicted molar refractivity (Wildman–Crippen MR) is 100 cm³/mol. The lowest BCUT2D eigenvalue weighted by Crippen LogP contribution is -2.39. The topological polar surface area (TPSA) is 21.7 Å². The van der Waals surface area contributed by atoms with Gasteiger partial charge in [0.25, 0.3) is 0 Å². The molecule has 3 heteroatoms. The summed E-state index contributed by atoms with van der Waals surface area (Å²) in [6.07, 6.45) is 0. The third-order valence-electron chi connectivity index (χ3n) is 4.03. The molecule has 0 bridgehead atoms. The van der Waals surface area contributed by atoms with Crippen molar-refractivity contribution in [3.05, 3.63) is 54.1 Å². The molecule has 0 spiro atoms. The molecule has 2 rings (SSSR count). The minimum Gasteiger partial charge on any atom is -0.488 e. The number of ether oxygens (including phenoxy) is 2. The number of aryl methyl sites for hydroxylation is 1. The van der Waals surface area contributed by atoms with Gasteiger partial charge >= 0.3 is 0 Å². The van der Waals surface area contributed by atoms with E-state index in [0.717, 1.165) is 23.8 Å². The first-order valence-corrected chi connectivity index (χ1v) is 8.69. The van der Waals surface area contributed by atoms with E-state index in [2.05, 4.69) is 39.5 Å². The fraction of sp³-hybridized carbons (Fsp3) is 0.429. The van der Waals surface area contributed by atoms with E-state index in [1.54, 1.807) is 0 Å². The number of benzene rings is 2. The molecule has 0 aliphatic carbocycles. The van der Waals surface area contributed by atoms with Crippen LogP contribution in [-0.2, 0) is 0 Å². The molecule has 0 saturated heterocycles. The first-order chi connectivity index (χ1) is 11.5. The fourth-order valence-corrected chi connectivity index (χ4v) is 2.76. The highest BCUT2D eigenvalue weighted by Crippen LogP contribution is 2.31. The Morgan fingerprint density at radius 2 is 1.42 bits per heavy atom. The van der Waals surface area contributed by atoms with Crippen molar-refractivity contribution in [2.75, 3.05) is 13.2 Å². The standard InChI is InChI=1S/C21H29NO2/c1-16(2)22(17(3)4)14-15-23-20-8-6-7-9-21(20)24-19-12-10-18(5)11-13-19/h6-13,16-17H,14-15H2,1-5H3. The highest BCUT2D eigenvalue weighted by molar-refractivity contribution is 5.43. The maximum atomic E-state index is 6.00. The summed E-state index contributed by atoms with van der Waals surface area (Å²) in [5, 5.41) is 0. The van der Waals surface area contributed by atoms with Crippen molar-refractivity contribution in [1.29, 1.82) is 0 Å². The number of hydrogen-bond acceptors (Lipinski definition) is 3. The van der Waals surface area contributed by atoms with Crippen LogP contribution in [0.15, 0.2) is 48.5 Å². The van der Waals surface area contributed by atoms with E-state index >= 15 is 0 Å². The predicted octanol–water partition coefficient (Wildman–Crippen LogP) is 5.28.